The summed E-state index contributed by atoms with van der Waals surface area (Å²) in [4.78, 5) is 40.2. The Bertz CT molecular complexity index is 947. The Morgan fingerprint density at radius 1 is 1.19 bits per heavy atom. The van der Waals surface area contributed by atoms with E-state index in [4.69, 9.17) is 9.47 Å². The maximum Gasteiger partial charge on any atom is 0.338 e. The molecule has 0 aromatic rings. The molecule has 1 amide bonds. The van der Waals surface area contributed by atoms with Crippen LogP contribution in [0.3, 0.4) is 0 Å². The molecule has 3 saturated heterocycles. The van der Waals surface area contributed by atoms with E-state index in [1.807, 2.05) is 4.90 Å². The number of allylic oxidation sites excluding steroid dienone is 4. The quantitative estimate of drug-likeness (QED) is 0.468. The van der Waals surface area contributed by atoms with Gasteiger partial charge in [0.2, 0.25) is 5.91 Å². The summed E-state index contributed by atoms with van der Waals surface area (Å²) in [5.41, 5.74) is 4.40. The molecule has 1 unspecified atom stereocenters. The summed E-state index contributed by atoms with van der Waals surface area (Å²) in [6.45, 7) is 10.5. The van der Waals surface area contributed by atoms with Gasteiger partial charge in [-0.25, -0.2) is 4.79 Å². The van der Waals surface area contributed by atoms with Gasteiger partial charge in [-0.3, -0.25) is 14.5 Å². The fourth-order valence-electron chi connectivity index (χ4n) is 4.60. The van der Waals surface area contributed by atoms with Gasteiger partial charge >= 0.3 is 11.9 Å². The topological polar surface area (TPSA) is 76.2 Å². The lowest BCUT2D eigenvalue weighted by molar-refractivity contribution is -0.141. The highest BCUT2D eigenvalue weighted by atomic mass is 16.5. The van der Waals surface area contributed by atoms with Crippen molar-refractivity contribution in [1.82, 2.24) is 9.80 Å². The van der Waals surface area contributed by atoms with Crippen LogP contribution in [0.2, 0.25) is 0 Å². The number of amides is 1. The predicted octanol–water partition coefficient (Wildman–Crippen LogP) is 2.33. The van der Waals surface area contributed by atoms with Gasteiger partial charge < -0.3 is 14.4 Å². The molecule has 3 aliphatic heterocycles. The van der Waals surface area contributed by atoms with E-state index in [0.717, 1.165) is 43.6 Å². The Balaban J connectivity index is 1.20. The third kappa shape index (κ3) is 4.93. The first-order chi connectivity index (χ1) is 15.4. The number of fused-ring (bicyclic) bond motifs is 1. The van der Waals surface area contributed by atoms with Gasteiger partial charge in [0.15, 0.2) is 0 Å². The first-order valence-corrected chi connectivity index (χ1v) is 11.2. The number of carbonyl (C=O) groups is 3. The van der Waals surface area contributed by atoms with Crippen LogP contribution in [0.25, 0.3) is 0 Å². The number of ether oxygens (including phenoxy) is 2. The SMILES string of the molecule is C=C(C=C1COC(=O)C1=CC)CC(=O)N1CCN(CCC2=CCC3C(=O)OCC3=C2)CC1. The van der Waals surface area contributed by atoms with Crippen LogP contribution in [-0.4, -0.2) is 73.6 Å². The van der Waals surface area contributed by atoms with Crippen LogP contribution in [0, 0.1) is 5.92 Å². The lowest BCUT2D eigenvalue weighted by Gasteiger charge is -2.35. The molecule has 0 radical (unpaired) electrons. The summed E-state index contributed by atoms with van der Waals surface area (Å²) in [5, 5.41) is 0. The average molecular weight is 439 g/mol. The van der Waals surface area contributed by atoms with Crippen molar-refractivity contribution in [2.45, 2.75) is 26.2 Å². The Hall–Kier alpha value is -2.93. The monoisotopic (exact) mass is 438 g/mol. The Labute approximate surface area is 188 Å². The summed E-state index contributed by atoms with van der Waals surface area (Å²) in [6, 6.07) is 0. The third-order valence-electron chi connectivity index (χ3n) is 6.51. The second-order valence-electron chi connectivity index (χ2n) is 8.65. The fraction of sp³-hybridized carbons (Fsp3) is 0.480. The van der Waals surface area contributed by atoms with E-state index in [0.29, 0.717) is 30.8 Å². The number of nitrogens with zero attached hydrogens (tertiary/aromatic N) is 2. The highest BCUT2D eigenvalue weighted by Gasteiger charge is 2.32. The molecule has 3 heterocycles. The summed E-state index contributed by atoms with van der Waals surface area (Å²) in [5.74, 6) is -0.419. The van der Waals surface area contributed by atoms with Crippen LogP contribution in [0.5, 0.6) is 0 Å². The molecule has 0 saturated carbocycles. The van der Waals surface area contributed by atoms with Crippen molar-refractivity contribution in [2.75, 3.05) is 45.9 Å². The van der Waals surface area contributed by atoms with Crippen molar-refractivity contribution >= 4 is 17.8 Å². The van der Waals surface area contributed by atoms with Gasteiger partial charge in [0.05, 0.1) is 17.9 Å². The van der Waals surface area contributed by atoms with E-state index in [-0.39, 0.29) is 36.8 Å². The third-order valence-corrected chi connectivity index (χ3v) is 6.51. The van der Waals surface area contributed by atoms with Crippen molar-refractivity contribution in [3.63, 3.8) is 0 Å². The number of esters is 2. The number of hydrogen-bond acceptors (Lipinski definition) is 6. The van der Waals surface area contributed by atoms with Crippen LogP contribution < -0.4 is 0 Å². The molecule has 0 aromatic carbocycles. The van der Waals surface area contributed by atoms with Crippen molar-refractivity contribution in [3.05, 3.63) is 58.7 Å². The van der Waals surface area contributed by atoms with Gasteiger partial charge in [-0.2, -0.15) is 0 Å². The summed E-state index contributed by atoms with van der Waals surface area (Å²) in [7, 11) is 0. The molecule has 7 nitrogen and oxygen atoms in total. The molecule has 1 aliphatic carbocycles. The molecular formula is C25H30N2O5. The van der Waals surface area contributed by atoms with Crippen LogP contribution in [-0.2, 0) is 23.9 Å². The number of piperazine rings is 1. The van der Waals surface area contributed by atoms with E-state index in [2.05, 4.69) is 23.6 Å². The maximum atomic E-state index is 12.7. The lowest BCUT2D eigenvalue weighted by Crippen LogP contribution is -2.48. The molecule has 7 heteroatoms. The lowest BCUT2D eigenvalue weighted by atomic mass is 9.89. The standard InChI is InChI=1S/C25H30N2O5/c1-3-21-19(15-31-24(21)29)12-17(2)13-23(28)27-10-8-26(9-11-27)7-6-18-4-5-22-20(14-18)16-32-25(22)30/h3-4,12,14,22H,2,5-11,13,15-16H2,1H3. The minimum Gasteiger partial charge on any atom is -0.461 e. The second-order valence-corrected chi connectivity index (χ2v) is 8.65. The van der Waals surface area contributed by atoms with Crippen molar-refractivity contribution < 1.29 is 23.9 Å². The van der Waals surface area contributed by atoms with Crippen molar-refractivity contribution in [1.29, 1.82) is 0 Å². The largest absolute Gasteiger partial charge is 0.461 e. The van der Waals surface area contributed by atoms with E-state index in [1.54, 1.807) is 19.1 Å². The van der Waals surface area contributed by atoms with Gasteiger partial charge in [0.1, 0.15) is 13.2 Å². The summed E-state index contributed by atoms with van der Waals surface area (Å²) >= 11 is 0. The Morgan fingerprint density at radius 2 is 1.97 bits per heavy atom. The molecule has 0 bridgehead atoms. The molecule has 3 fully saturated rings. The molecule has 170 valence electrons. The van der Waals surface area contributed by atoms with Gasteiger partial charge in [-0.15, -0.1) is 0 Å². The van der Waals surface area contributed by atoms with Gasteiger partial charge in [0, 0.05) is 38.3 Å². The first-order valence-electron chi connectivity index (χ1n) is 11.2. The van der Waals surface area contributed by atoms with Gasteiger partial charge in [0.25, 0.3) is 0 Å². The van der Waals surface area contributed by atoms with E-state index >= 15 is 0 Å². The molecule has 0 aromatic heterocycles. The summed E-state index contributed by atoms with van der Waals surface area (Å²) < 4.78 is 10.2. The predicted molar refractivity (Wildman–Crippen MR) is 119 cm³/mol. The Kier molecular flexibility index (Phi) is 6.74. The van der Waals surface area contributed by atoms with Crippen molar-refractivity contribution in [3.8, 4) is 0 Å². The highest BCUT2D eigenvalue weighted by Crippen LogP contribution is 2.31. The van der Waals surface area contributed by atoms with Crippen LogP contribution in [0.4, 0.5) is 0 Å². The van der Waals surface area contributed by atoms with Gasteiger partial charge in [-0.05, 0) is 30.9 Å². The average Bonchev–Trinajstić information content (AvgIpc) is 3.33. The number of rotatable bonds is 6. The van der Waals surface area contributed by atoms with Crippen LogP contribution in [0.1, 0.15) is 26.2 Å². The smallest absolute Gasteiger partial charge is 0.338 e. The molecular weight excluding hydrogens is 408 g/mol. The first kappa shape index (κ1) is 22.3. The molecule has 0 spiro atoms. The Morgan fingerprint density at radius 3 is 2.72 bits per heavy atom. The van der Waals surface area contributed by atoms with Crippen LogP contribution >= 0.6 is 0 Å². The number of carbonyl (C=O) groups excluding carboxylic acids is 3. The minimum atomic E-state index is -0.320. The normalized spacial score (nSPS) is 26.0. The second kappa shape index (κ2) is 9.69. The van der Waals surface area contributed by atoms with E-state index in [1.165, 1.54) is 5.57 Å². The van der Waals surface area contributed by atoms with Crippen LogP contribution in [0.15, 0.2) is 58.7 Å². The maximum absolute atomic E-state index is 12.7. The zero-order chi connectivity index (χ0) is 22.7. The zero-order valence-corrected chi connectivity index (χ0v) is 18.6. The van der Waals surface area contributed by atoms with E-state index < -0.39 is 0 Å². The molecule has 4 rings (SSSR count). The summed E-state index contributed by atoms with van der Waals surface area (Å²) in [6.07, 6.45) is 9.75. The van der Waals surface area contributed by atoms with Crippen molar-refractivity contribution in [2.24, 2.45) is 5.92 Å². The number of cyclic esters (lactones) is 2. The molecule has 4 aliphatic rings. The molecule has 0 N–H and O–H groups in total. The number of hydrogen-bond donors (Lipinski definition) is 0. The van der Waals surface area contributed by atoms with E-state index in [9.17, 15) is 14.4 Å². The zero-order valence-electron chi connectivity index (χ0n) is 18.6. The molecule has 1 atom stereocenters. The minimum absolute atomic E-state index is 0.0648. The van der Waals surface area contributed by atoms with Gasteiger partial charge in [-0.1, -0.05) is 36.5 Å². The highest BCUT2D eigenvalue weighted by molar-refractivity contribution is 5.96. The fourth-order valence-corrected chi connectivity index (χ4v) is 4.60. The molecule has 32 heavy (non-hydrogen) atoms.